The van der Waals surface area contributed by atoms with Crippen LogP contribution in [-0.2, 0) is 4.79 Å². The third kappa shape index (κ3) is 3.10. The second-order valence-electron chi connectivity index (χ2n) is 6.92. The summed E-state index contributed by atoms with van der Waals surface area (Å²) in [6.45, 7) is 1.91. The second kappa shape index (κ2) is 6.64. The predicted octanol–water partition coefficient (Wildman–Crippen LogP) is 3.16. The van der Waals surface area contributed by atoms with Crippen molar-refractivity contribution in [1.82, 2.24) is 9.97 Å². The Kier molecular flexibility index (Phi) is 4.14. The van der Waals surface area contributed by atoms with Crippen molar-refractivity contribution < 1.29 is 4.79 Å². The summed E-state index contributed by atoms with van der Waals surface area (Å²) in [4.78, 5) is 20.6. The summed E-state index contributed by atoms with van der Waals surface area (Å²) < 4.78 is 0. The van der Waals surface area contributed by atoms with Gasteiger partial charge in [0.05, 0.1) is 17.9 Å². The number of hydrogen-bond acceptors (Lipinski definition) is 6. The van der Waals surface area contributed by atoms with Gasteiger partial charge in [0.15, 0.2) is 0 Å². The number of pyridine rings is 2. The highest BCUT2D eigenvalue weighted by Gasteiger charge is 2.43. The van der Waals surface area contributed by atoms with Crippen LogP contribution in [0.5, 0.6) is 0 Å². The van der Waals surface area contributed by atoms with Gasteiger partial charge in [-0.25, -0.2) is 9.97 Å². The van der Waals surface area contributed by atoms with Crippen molar-refractivity contribution in [2.24, 2.45) is 11.8 Å². The fourth-order valence-electron chi connectivity index (χ4n) is 3.28. The minimum atomic E-state index is -0.258. The number of amides is 1. The van der Waals surface area contributed by atoms with Crippen LogP contribution < -0.4 is 11.1 Å². The van der Waals surface area contributed by atoms with Gasteiger partial charge in [-0.05, 0) is 54.1 Å². The summed E-state index contributed by atoms with van der Waals surface area (Å²) in [5.74, 6) is -0.220. The van der Waals surface area contributed by atoms with Crippen LogP contribution in [0.1, 0.15) is 17.7 Å². The molecule has 4 rings (SSSR count). The third-order valence-electron chi connectivity index (χ3n) is 4.95. The molecule has 1 saturated carbocycles. The van der Waals surface area contributed by atoms with E-state index in [1.54, 1.807) is 24.5 Å². The molecule has 1 aliphatic rings. The molecule has 2 heterocycles. The van der Waals surface area contributed by atoms with E-state index in [4.69, 9.17) is 16.3 Å². The highest BCUT2D eigenvalue weighted by atomic mass is 16.2. The molecule has 2 aromatic heterocycles. The van der Waals surface area contributed by atoms with Crippen LogP contribution in [0.25, 0.3) is 21.9 Å². The van der Waals surface area contributed by atoms with Gasteiger partial charge in [0.25, 0.3) is 0 Å². The standard InChI is InChI=1S/C21H16N6O/c1-11-2-15(8-23)25-9-17(11)12-3-13-6-20(26-10-18(13)19(24)5-12)27-21(28)16-4-14(16)7-22/h2-3,5-6,9-10,14,16H,4,24H2,1H3,(H,26,27,28)/t14-,16+/m0/s1. The number of aromatic nitrogens is 2. The lowest BCUT2D eigenvalue weighted by Gasteiger charge is -2.11. The molecule has 28 heavy (non-hydrogen) atoms. The molecule has 1 fully saturated rings. The highest BCUT2D eigenvalue weighted by Crippen LogP contribution is 2.38. The number of nitrogens with two attached hydrogens (primary N) is 1. The molecule has 3 aromatic rings. The molecule has 7 heteroatoms. The first kappa shape index (κ1) is 17.4. The van der Waals surface area contributed by atoms with Crippen LogP contribution in [-0.4, -0.2) is 15.9 Å². The van der Waals surface area contributed by atoms with Gasteiger partial charge >= 0.3 is 0 Å². The molecule has 3 N–H and O–H groups in total. The van der Waals surface area contributed by atoms with E-state index >= 15 is 0 Å². The number of hydrogen-bond donors (Lipinski definition) is 2. The van der Waals surface area contributed by atoms with Crippen LogP contribution >= 0.6 is 0 Å². The first-order chi connectivity index (χ1) is 13.5. The number of nitrogens with zero attached hydrogens (tertiary/aromatic N) is 4. The number of nitriles is 2. The first-order valence-electron chi connectivity index (χ1n) is 8.77. The second-order valence-corrected chi connectivity index (χ2v) is 6.92. The maximum Gasteiger partial charge on any atom is 0.230 e. The third-order valence-corrected chi connectivity index (χ3v) is 4.95. The van der Waals surface area contributed by atoms with E-state index in [0.717, 1.165) is 27.5 Å². The Labute approximate surface area is 161 Å². The van der Waals surface area contributed by atoms with Crippen molar-refractivity contribution in [3.63, 3.8) is 0 Å². The summed E-state index contributed by atoms with van der Waals surface area (Å²) in [6, 6.07) is 11.4. The molecule has 1 amide bonds. The Hall–Kier alpha value is -3.97. The molecule has 1 aromatic carbocycles. The minimum Gasteiger partial charge on any atom is -0.398 e. The van der Waals surface area contributed by atoms with E-state index in [9.17, 15) is 4.79 Å². The molecule has 0 unspecified atom stereocenters. The zero-order valence-corrected chi connectivity index (χ0v) is 15.1. The number of aryl methyl sites for hydroxylation is 1. The first-order valence-corrected chi connectivity index (χ1v) is 8.77. The van der Waals surface area contributed by atoms with Crippen molar-refractivity contribution in [3.8, 4) is 23.3 Å². The summed E-state index contributed by atoms with van der Waals surface area (Å²) in [7, 11) is 0. The lowest BCUT2D eigenvalue weighted by Crippen LogP contribution is -2.15. The van der Waals surface area contributed by atoms with Crippen LogP contribution in [0.2, 0.25) is 0 Å². The van der Waals surface area contributed by atoms with Crippen LogP contribution in [0.15, 0.2) is 36.7 Å². The fraction of sp³-hybridized carbons (Fsp3) is 0.190. The zero-order valence-electron chi connectivity index (χ0n) is 15.1. The van der Waals surface area contributed by atoms with E-state index in [1.165, 1.54) is 0 Å². The van der Waals surface area contributed by atoms with Gasteiger partial charge in [0.2, 0.25) is 5.91 Å². The minimum absolute atomic E-state index is 0.185. The highest BCUT2D eigenvalue weighted by molar-refractivity contribution is 6.00. The number of nitrogen functional groups attached to an aromatic ring is 1. The number of benzene rings is 1. The Bertz CT molecular complexity index is 1200. The Morgan fingerprint density at radius 2 is 2.04 bits per heavy atom. The van der Waals surface area contributed by atoms with Gasteiger partial charge in [0, 0.05) is 29.0 Å². The van der Waals surface area contributed by atoms with Crippen molar-refractivity contribution in [2.45, 2.75) is 13.3 Å². The van der Waals surface area contributed by atoms with E-state index in [2.05, 4.69) is 21.4 Å². The smallest absolute Gasteiger partial charge is 0.230 e. The summed E-state index contributed by atoms with van der Waals surface area (Å²) in [5, 5.41) is 22.3. The zero-order chi connectivity index (χ0) is 19.8. The summed E-state index contributed by atoms with van der Waals surface area (Å²) in [5.41, 5.74) is 9.80. The van der Waals surface area contributed by atoms with Gasteiger partial charge < -0.3 is 11.1 Å². The summed E-state index contributed by atoms with van der Waals surface area (Å²) >= 11 is 0. The molecule has 0 spiro atoms. The number of carbonyl (C=O) groups is 1. The van der Waals surface area contributed by atoms with Crippen LogP contribution in [0, 0.1) is 41.4 Å². The predicted molar refractivity (Wildman–Crippen MR) is 105 cm³/mol. The Morgan fingerprint density at radius 1 is 1.21 bits per heavy atom. The van der Waals surface area contributed by atoms with Gasteiger partial charge in [-0.3, -0.25) is 4.79 Å². The number of rotatable bonds is 3. The van der Waals surface area contributed by atoms with Crippen LogP contribution in [0.4, 0.5) is 11.5 Å². The normalized spacial score (nSPS) is 17.5. The molecule has 0 saturated heterocycles. The number of carbonyl (C=O) groups excluding carboxylic acids is 1. The average molecular weight is 368 g/mol. The molecule has 7 nitrogen and oxygen atoms in total. The fourth-order valence-corrected chi connectivity index (χ4v) is 3.28. The number of fused-ring (bicyclic) bond motifs is 1. The molecule has 136 valence electrons. The molecular weight excluding hydrogens is 352 g/mol. The largest absolute Gasteiger partial charge is 0.398 e. The summed E-state index contributed by atoms with van der Waals surface area (Å²) in [6.07, 6.45) is 3.88. The maximum atomic E-state index is 12.2. The Morgan fingerprint density at radius 3 is 2.71 bits per heavy atom. The van der Waals surface area contributed by atoms with Crippen molar-refractivity contribution in [3.05, 3.63) is 47.9 Å². The van der Waals surface area contributed by atoms with Crippen LogP contribution in [0.3, 0.4) is 0 Å². The average Bonchev–Trinajstić information content (AvgIpc) is 3.47. The van der Waals surface area contributed by atoms with Crippen molar-refractivity contribution in [2.75, 3.05) is 11.1 Å². The molecular formula is C21H16N6O. The van der Waals surface area contributed by atoms with E-state index < -0.39 is 0 Å². The van der Waals surface area contributed by atoms with Gasteiger partial charge in [0.1, 0.15) is 17.6 Å². The number of anilines is 2. The molecule has 0 aliphatic heterocycles. The lowest BCUT2D eigenvalue weighted by molar-refractivity contribution is -0.117. The van der Waals surface area contributed by atoms with E-state index in [1.807, 2.05) is 25.1 Å². The van der Waals surface area contributed by atoms with E-state index in [-0.39, 0.29) is 17.7 Å². The maximum absolute atomic E-state index is 12.2. The Balaban J connectivity index is 1.70. The van der Waals surface area contributed by atoms with Gasteiger partial charge in [-0.2, -0.15) is 10.5 Å². The molecule has 0 bridgehead atoms. The van der Waals surface area contributed by atoms with Crippen molar-refractivity contribution in [1.29, 1.82) is 10.5 Å². The van der Waals surface area contributed by atoms with Gasteiger partial charge in [-0.1, -0.05) is 0 Å². The molecule has 2 atom stereocenters. The van der Waals surface area contributed by atoms with Gasteiger partial charge in [-0.15, -0.1) is 0 Å². The SMILES string of the molecule is Cc1cc(C#N)ncc1-c1cc(N)c2cnc(NC(=O)[C@@H]3C[C@H]3C#N)cc2c1. The quantitative estimate of drug-likeness (QED) is 0.683. The topological polar surface area (TPSA) is 128 Å². The molecule has 1 aliphatic carbocycles. The molecule has 0 radical (unpaired) electrons. The monoisotopic (exact) mass is 368 g/mol. The van der Waals surface area contributed by atoms with Crippen molar-refractivity contribution >= 4 is 28.2 Å². The van der Waals surface area contributed by atoms with E-state index in [0.29, 0.717) is 23.6 Å². The number of nitrogens with one attached hydrogen (secondary N) is 1. The lowest BCUT2D eigenvalue weighted by atomic mass is 9.98.